The smallest absolute Gasteiger partial charge is 0.197 e. The number of carbonyl (C=O) groups is 1. The topological polar surface area (TPSA) is 53.1 Å². The van der Waals surface area contributed by atoms with Gasteiger partial charge in [-0.05, 0) is 23.0 Å². The van der Waals surface area contributed by atoms with Gasteiger partial charge >= 0.3 is 0 Å². The highest BCUT2D eigenvalue weighted by Crippen LogP contribution is 2.41. The van der Waals surface area contributed by atoms with Gasteiger partial charge in [0.2, 0.25) is 0 Å². The lowest BCUT2D eigenvalue weighted by Crippen LogP contribution is -2.19. The molecule has 1 aromatic carbocycles. The fourth-order valence-electron chi connectivity index (χ4n) is 2.67. The van der Waals surface area contributed by atoms with Gasteiger partial charge in [0.15, 0.2) is 5.78 Å². The van der Waals surface area contributed by atoms with Gasteiger partial charge < -0.3 is 10.1 Å². The minimum absolute atomic E-state index is 0.0966. The highest BCUT2D eigenvalue weighted by molar-refractivity contribution is 6.47. The molecular formula is C19H22Cl3NO2. The molecule has 0 unspecified atom stereocenters. The zero-order valence-electron chi connectivity index (χ0n) is 15.1. The molecule has 0 spiro atoms. The zero-order valence-corrected chi connectivity index (χ0v) is 17.4. The van der Waals surface area contributed by atoms with Crippen molar-refractivity contribution in [1.82, 2.24) is 4.98 Å². The number of aromatic amines is 1. The lowest BCUT2D eigenvalue weighted by atomic mass is 9.78. The Hall–Kier alpha value is -1.16. The molecule has 2 aromatic rings. The van der Waals surface area contributed by atoms with Crippen molar-refractivity contribution in [3.8, 4) is 5.75 Å². The third kappa shape index (κ3) is 3.84. The van der Waals surface area contributed by atoms with E-state index in [4.69, 9.17) is 34.8 Å². The minimum Gasteiger partial charge on any atom is -0.507 e. The molecule has 1 heterocycles. The zero-order chi connectivity index (χ0) is 19.3. The Bertz CT molecular complexity index is 805. The number of rotatable bonds is 2. The second kappa shape index (κ2) is 6.53. The summed E-state index contributed by atoms with van der Waals surface area (Å²) in [6.45, 7) is 11.9. The van der Waals surface area contributed by atoms with Crippen LogP contribution >= 0.6 is 34.8 Å². The molecule has 0 radical (unpaired) electrons. The largest absolute Gasteiger partial charge is 0.507 e. The van der Waals surface area contributed by atoms with E-state index in [1.807, 2.05) is 41.5 Å². The molecule has 0 bridgehead atoms. The monoisotopic (exact) mass is 401 g/mol. The summed E-state index contributed by atoms with van der Waals surface area (Å²) in [5, 5.41) is 11.1. The second-order valence-electron chi connectivity index (χ2n) is 8.19. The Morgan fingerprint density at radius 2 is 1.36 bits per heavy atom. The first-order valence-electron chi connectivity index (χ1n) is 7.90. The lowest BCUT2D eigenvalue weighted by molar-refractivity contribution is 0.103. The molecule has 0 saturated carbocycles. The fraction of sp³-hybridized carbons (Fsp3) is 0.421. The van der Waals surface area contributed by atoms with Crippen LogP contribution in [0.2, 0.25) is 15.3 Å². The number of nitrogens with one attached hydrogen (secondary N) is 1. The average molecular weight is 403 g/mol. The van der Waals surface area contributed by atoms with Gasteiger partial charge in [-0.2, -0.15) is 0 Å². The van der Waals surface area contributed by atoms with Gasteiger partial charge in [-0.15, -0.1) is 0 Å². The van der Waals surface area contributed by atoms with Gasteiger partial charge in [-0.3, -0.25) is 4.79 Å². The van der Waals surface area contributed by atoms with Crippen molar-refractivity contribution in [2.75, 3.05) is 0 Å². The number of hydrogen-bond acceptors (Lipinski definition) is 2. The Morgan fingerprint density at radius 1 is 0.920 bits per heavy atom. The Kier molecular flexibility index (Phi) is 5.27. The molecular weight excluding hydrogens is 381 g/mol. The third-order valence-electron chi connectivity index (χ3n) is 4.07. The summed E-state index contributed by atoms with van der Waals surface area (Å²) in [5.41, 5.74) is 1.24. The SMILES string of the molecule is CC(C)(C)c1cc(C(=O)c2c(Cl)[nH]c(Cl)c2Cl)cc(C(C)(C)C)c1O. The van der Waals surface area contributed by atoms with Crippen LogP contribution in [-0.4, -0.2) is 15.9 Å². The van der Waals surface area contributed by atoms with Crippen molar-refractivity contribution in [2.24, 2.45) is 0 Å². The number of H-pyrrole nitrogens is 1. The van der Waals surface area contributed by atoms with Crippen molar-refractivity contribution in [1.29, 1.82) is 0 Å². The van der Waals surface area contributed by atoms with Crippen LogP contribution in [0.4, 0.5) is 0 Å². The summed E-state index contributed by atoms with van der Waals surface area (Å²) >= 11 is 18.2. The van der Waals surface area contributed by atoms with Crippen molar-refractivity contribution in [2.45, 2.75) is 52.4 Å². The molecule has 0 aliphatic carbocycles. The summed E-state index contributed by atoms with van der Waals surface area (Å²) in [5.74, 6) is -0.130. The van der Waals surface area contributed by atoms with Gasteiger partial charge in [0.1, 0.15) is 16.1 Å². The maximum absolute atomic E-state index is 13.0. The van der Waals surface area contributed by atoms with Crippen LogP contribution in [0.1, 0.15) is 68.6 Å². The summed E-state index contributed by atoms with van der Waals surface area (Å²) in [6, 6.07) is 3.39. The van der Waals surface area contributed by atoms with Crippen molar-refractivity contribution < 1.29 is 9.90 Å². The summed E-state index contributed by atoms with van der Waals surface area (Å²) in [7, 11) is 0. The van der Waals surface area contributed by atoms with Gasteiger partial charge in [-0.25, -0.2) is 0 Å². The van der Waals surface area contributed by atoms with E-state index in [1.54, 1.807) is 12.1 Å². The molecule has 3 nitrogen and oxygen atoms in total. The fourth-order valence-corrected chi connectivity index (χ4v) is 3.46. The standard InChI is InChI=1S/C19H22Cl3NO2/c1-18(2,3)10-7-9(8-11(15(10)25)19(4,5)6)14(24)12-13(20)17(22)23-16(12)21/h7-8,23,25H,1-6H3. The molecule has 1 aromatic heterocycles. The van der Waals surface area contributed by atoms with E-state index >= 15 is 0 Å². The Labute approximate surface area is 163 Å². The summed E-state index contributed by atoms with van der Waals surface area (Å²) in [6.07, 6.45) is 0. The Morgan fingerprint density at radius 3 is 1.68 bits per heavy atom. The summed E-state index contributed by atoms with van der Waals surface area (Å²) < 4.78 is 0. The van der Waals surface area contributed by atoms with Gasteiger partial charge in [0, 0.05) is 16.7 Å². The maximum atomic E-state index is 13.0. The minimum atomic E-state index is -0.343. The van der Waals surface area contributed by atoms with Crippen LogP contribution in [0.3, 0.4) is 0 Å². The van der Waals surface area contributed by atoms with Gasteiger partial charge in [0.05, 0.1) is 10.6 Å². The molecule has 136 valence electrons. The number of halogens is 3. The van der Waals surface area contributed by atoms with Crippen LogP contribution in [-0.2, 0) is 10.8 Å². The summed E-state index contributed by atoms with van der Waals surface area (Å²) in [4.78, 5) is 15.7. The van der Waals surface area contributed by atoms with Crippen LogP contribution in [0.5, 0.6) is 5.75 Å². The van der Waals surface area contributed by atoms with E-state index in [2.05, 4.69) is 4.98 Å². The van der Waals surface area contributed by atoms with E-state index in [1.165, 1.54) is 0 Å². The number of aromatic nitrogens is 1. The number of hydrogen-bond donors (Lipinski definition) is 2. The van der Waals surface area contributed by atoms with Gasteiger partial charge in [0.25, 0.3) is 0 Å². The van der Waals surface area contributed by atoms with Crippen molar-refractivity contribution >= 4 is 40.6 Å². The van der Waals surface area contributed by atoms with E-state index in [0.29, 0.717) is 16.7 Å². The van der Waals surface area contributed by atoms with E-state index in [9.17, 15) is 9.90 Å². The number of benzene rings is 1. The predicted octanol–water partition coefficient (Wildman–Crippen LogP) is 6.51. The molecule has 0 aliphatic heterocycles. The third-order valence-corrected chi connectivity index (χ3v) is 5.11. The first-order valence-corrected chi connectivity index (χ1v) is 9.03. The van der Waals surface area contributed by atoms with Crippen LogP contribution in [0, 0.1) is 0 Å². The quantitative estimate of drug-likeness (QED) is 0.563. The normalized spacial score (nSPS) is 12.5. The van der Waals surface area contributed by atoms with Crippen LogP contribution in [0.15, 0.2) is 12.1 Å². The first-order chi connectivity index (χ1) is 11.2. The molecule has 2 N–H and O–H groups in total. The molecule has 0 fully saturated rings. The predicted molar refractivity (Wildman–Crippen MR) is 105 cm³/mol. The van der Waals surface area contributed by atoms with Crippen molar-refractivity contribution in [3.05, 3.63) is 49.7 Å². The van der Waals surface area contributed by atoms with Gasteiger partial charge in [-0.1, -0.05) is 76.3 Å². The molecule has 0 atom stereocenters. The number of aromatic hydroxyl groups is 1. The molecule has 0 amide bonds. The molecule has 6 heteroatoms. The van der Waals surface area contributed by atoms with E-state index < -0.39 is 0 Å². The number of phenols is 1. The lowest BCUT2D eigenvalue weighted by Gasteiger charge is -2.28. The molecule has 0 saturated heterocycles. The second-order valence-corrected chi connectivity index (χ2v) is 9.32. The highest BCUT2D eigenvalue weighted by Gasteiger charge is 2.29. The van der Waals surface area contributed by atoms with Crippen LogP contribution in [0.25, 0.3) is 0 Å². The average Bonchev–Trinajstić information content (AvgIpc) is 2.69. The van der Waals surface area contributed by atoms with Crippen LogP contribution < -0.4 is 0 Å². The molecule has 25 heavy (non-hydrogen) atoms. The molecule has 0 aliphatic rings. The Balaban J connectivity index is 2.76. The highest BCUT2D eigenvalue weighted by atomic mass is 35.5. The van der Waals surface area contributed by atoms with E-state index in [0.717, 1.165) is 0 Å². The first kappa shape index (κ1) is 20.2. The number of phenolic OH excluding ortho intramolecular Hbond substituents is 1. The maximum Gasteiger partial charge on any atom is 0.197 e. The number of ketones is 1. The van der Waals surface area contributed by atoms with Crippen molar-refractivity contribution in [3.63, 3.8) is 0 Å². The van der Waals surface area contributed by atoms with E-state index in [-0.39, 0.29) is 43.3 Å². The number of carbonyl (C=O) groups excluding carboxylic acids is 1. The molecule has 2 rings (SSSR count).